The van der Waals surface area contributed by atoms with E-state index in [-0.39, 0.29) is 17.3 Å². The summed E-state index contributed by atoms with van der Waals surface area (Å²) in [5.74, 6) is -0.518. The van der Waals surface area contributed by atoms with Crippen molar-refractivity contribution >= 4 is 11.9 Å². The molecule has 11 heteroatoms. The predicted molar refractivity (Wildman–Crippen MR) is 84.6 cm³/mol. The molecule has 0 saturated heterocycles. The van der Waals surface area contributed by atoms with Crippen LogP contribution >= 0.6 is 0 Å². The number of tetrazole rings is 1. The molecule has 0 bridgehead atoms. The highest BCUT2D eigenvalue weighted by atomic mass is 19.4. The van der Waals surface area contributed by atoms with Gasteiger partial charge in [-0.25, -0.2) is 4.79 Å². The van der Waals surface area contributed by atoms with Crippen LogP contribution in [-0.2, 0) is 17.5 Å². The lowest BCUT2D eigenvalue weighted by Crippen LogP contribution is -2.42. The van der Waals surface area contributed by atoms with E-state index in [4.69, 9.17) is 0 Å². The van der Waals surface area contributed by atoms with Gasteiger partial charge in [0.05, 0.1) is 5.56 Å². The van der Waals surface area contributed by atoms with Crippen molar-refractivity contribution in [2.45, 2.75) is 26.6 Å². The molecule has 8 nitrogen and oxygen atoms in total. The van der Waals surface area contributed by atoms with Gasteiger partial charge in [0.2, 0.25) is 5.82 Å². The predicted octanol–water partition coefficient (Wildman–Crippen LogP) is 1.84. The van der Waals surface area contributed by atoms with Gasteiger partial charge in [0, 0.05) is 12.1 Å². The van der Waals surface area contributed by atoms with E-state index in [9.17, 15) is 22.8 Å². The first kappa shape index (κ1) is 19.3. The number of nitrogens with zero attached hydrogens (tertiary/aromatic N) is 4. The van der Waals surface area contributed by atoms with Crippen molar-refractivity contribution in [2.24, 2.45) is 5.92 Å². The van der Waals surface area contributed by atoms with Crippen LogP contribution in [0.4, 0.5) is 18.0 Å². The average Bonchev–Trinajstić information content (AvgIpc) is 3.00. The van der Waals surface area contributed by atoms with Crippen molar-refractivity contribution in [1.82, 2.24) is 30.8 Å². The van der Waals surface area contributed by atoms with Gasteiger partial charge in [-0.1, -0.05) is 26.0 Å². The molecule has 0 aliphatic carbocycles. The molecule has 0 aliphatic rings. The number of carbonyl (C=O) groups excluding carboxylic acids is 2. The van der Waals surface area contributed by atoms with Gasteiger partial charge in [-0.05, 0) is 23.3 Å². The zero-order chi connectivity index (χ0) is 19.3. The number of nitrogens with one attached hydrogen (secondary N) is 2. The highest BCUT2D eigenvalue weighted by Gasteiger charge is 2.30. The van der Waals surface area contributed by atoms with Crippen LogP contribution in [0.1, 0.15) is 19.4 Å². The van der Waals surface area contributed by atoms with Gasteiger partial charge in [-0.2, -0.15) is 18.0 Å². The fraction of sp³-hybridized carbons (Fsp3) is 0.400. The van der Waals surface area contributed by atoms with E-state index in [1.165, 1.54) is 12.1 Å². The van der Waals surface area contributed by atoms with Gasteiger partial charge in [-0.3, -0.25) is 10.1 Å². The molecular weight excluding hydrogens is 353 g/mol. The van der Waals surface area contributed by atoms with Gasteiger partial charge in [0.25, 0.3) is 5.91 Å². The summed E-state index contributed by atoms with van der Waals surface area (Å²) < 4.78 is 38.2. The van der Waals surface area contributed by atoms with Crippen LogP contribution in [-0.4, -0.2) is 38.7 Å². The summed E-state index contributed by atoms with van der Waals surface area (Å²) in [7, 11) is 0. The molecular formula is C15H17F3N6O2. The fourth-order valence-corrected chi connectivity index (χ4v) is 1.90. The molecule has 0 atom stereocenters. The molecule has 0 saturated carbocycles. The van der Waals surface area contributed by atoms with E-state index < -0.39 is 30.2 Å². The number of imide groups is 1. The smallest absolute Gasteiger partial charge is 0.338 e. The van der Waals surface area contributed by atoms with Crippen molar-refractivity contribution in [3.05, 3.63) is 29.8 Å². The van der Waals surface area contributed by atoms with Crippen molar-refractivity contribution in [1.29, 1.82) is 0 Å². The Morgan fingerprint density at radius 2 is 2.00 bits per heavy atom. The number of benzene rings is 1. The van der Waals surface area contributed by atoms with E-state index in [0.29, 0.717) is 6.54 Å². The van der Waals surface area contributed by atoms with Gasteiger partial charge < -0.3 is 5.32 Å². The molecule has 2 rings (SSSR count). The molecule has 0 aliphatic heterocycles. The number of hydrogen-bond donors (Lipinski definition) is 2. The summed E-state index contributed by atoms with van der Waals surface area (Å²) in [6.07, 6.45) is -4.49. The monoisotopic (exact) mass is 370 g/mol. The standard InChI is InChI=1S/C15H17F3N6O2/c1-9(2)7-19-14(26)20-12(25)8-24-22-13(21-23-24)10-4-3-5-11(6-10)15(16,17)18/h3-6,9H,7-8H2,1-2H3,(H2,19,20,25,26). The minimum atomic E-state index is -4.49. The first-order chi connectivity index (χ1) is 12.1. The lowest BCUT2D eigenvalue weighted by molar-refractivity contribution is -0.137. The van der Waals surface area contributed by atoms with Gasteiger partial charge in [0.15, 0.2) is 0 Å². The second-order valence-corrected chi connectivity index (χ2v) is 5.87. The quantitative estimate of drug-likeness (QED) is 0.836. The second-order valence-electron chi connectivity index (χ2n) is 5.87. The molecule has 2 aromatic rings. The maximum absolute atomic E-state index is 12.7. The SMILES string of the molecule is CC(C)CNC(=O)NC(=O)Cn1nnc(-c2cccc(C(F)(F)F)c2)n1. The third-order valence-electron chi connectivity index (χ3n) is 3.11. The summed E-state index contributed by atoms with van der Waals surface area (Å²) in [4.78, 5) is 24.1. The highest BCUT2D eigenvalue weighted by molar-refractivity contribution is 5.94. The Morgan fingerprint density at radius 3 is 2.65 bits per heavy atom. The Hall–Kier alpha value is -2.98. The molecule has 0 unspecified atom stereocenters. The number of rotatable bonds is 5. The largest absolute Gasteiger partial charge is 0.416 e. The number of amides is 3. The maximum Gasteiger partial charge on any atom is 0.416 e. The number of carbonyl (C=O) groups is 2. The van der Waals surface area contributed by atoms with E-state index in [0.717, 1.165) is 16.9 Å². The first-order valence-electron chi connectivity index (χ1n) is 7.68. The van der Waals surface area contributed by atoms with Gasteiger partial charge in [-0.15, -0.1) is 10.2 Å². The third kappa shape index (κ3) is 5.53. The van der Waals surface area contributed by atoms with Crippen LogP contribution in [0.2, 0.25) is 0 Å². The Kier molecular flexibility index (Phi) is 5.90. The Labute approximate surface area is 146 Å². The van der Waals surface area contributed by atoms with Gasteiger partial charge in [0.1, 0.15) is 6.54 Å². The Morgan fingerprint density at radius 1 is 1.27 bits per heavy atom. The molecule has 0 spiro atoms. The van der Waals surface area contributed by atoms with E-state index in [1.54, 1.807) is 0 Å². The lowest BCUT2D eigenvalue weighted by atomic mass is 10.1. The Bertz CT molecular complexity index is 788. The summed E-state index contributed by atoms with van der Waals surface area (Å²) >= 11 is 0. The molecule has 1 aromatic heterocycles. The van der Waals surface area contributed by atoms with Crippen LogP contribution in [0, 0.1) is 5.92 Å². The normalized spacial score (nSPS) is 11.5. The minimum Gasteiger partial charge on any atom is -0.338 e. The van der Waals surface area contributed by atoms with Crippen LogP contribution in [0.15, 0.2) is 24.3 Å². The summed E-state index contributed by atoms with van der Waals surface area (Å²) in [5, 5.41) is 15.7. The molecule has 1 heterocycles. The van der Waals surface area contributed by atoms with Crippen molar-refractivity contribution < 1.29 is 22.8 Å². The van der Waals surface area contributed by atoms with E-state index in [2.05, 4.69) is 26.0 Å². The molecule has 140 valence electrons. The third-order valence-corrected chi connectivity index (χ3v) is 3.11. The van der Waals surface area contributed by atoms with E-state index >= 15 is 0 Å². The molecule has 0 fully saturated rings. The number of urea groups is 1. The summed E-state index contributed by atoms with van der Waals surface area (Å²) in [6.45, 7) is 3.80. The lowest BCUT2D eigenvalue weighted by Gasteiger charge is -2.08. The maximum atomic E-state index is 12.7. The molecule has 2 N–H and O–H groups in total. The fourth-order valence-electron chi connectivity index (χ4n) is 1.90. The average molecular weight is 370 g/mol. The van der Waals surface area contributed by atoms with Crippen LogP contribution in [0.25, 0.3) is 11.4 Å². The highest BCUT2D eigenvalue weighted by Crippen LogP contribution is 2.31. The van der Waals surface area contributed by atoms with Crippen molar-refractivity contribution in [2.75, 3.05) is 6.54 Å². The van der Waals surface area contributed by atoms with Gasteiger partial charge >= 0.3 is 12.2 Å². The molecule has 0 radical (unpaired) electrons. The molecule has 1 aromatic carbocycles. The minimum absolute atomic E-state index is 0.0619. The van der Waals surface area contributed by atoms with Crippen molar-refractivity contribution in [3.8, 4) is 11.4 Å². The Balaban J connectivity index is 2.00. The number of aromatic nitrogens is 4. The van der Waals surface area contributed by atoms with E-state index in [1.807, 2.05) is 13.8 Å². The number of halogens is 3. The molecule has 26 heavy (non-hydrogen) atoms. The van der Waals surface area contributed by atoms with Crippen molar-refractivity contribution in [3.63, 3.8) is 0 Å². The summed E-state index contributed by atoms with van der Waals surface area (Å²) in [5.41, 5.74) is -0.730. The topological polar surface area (TPSA) is 102 Å². The number of hydrogen-bond acceptors (Lipinski definition) is 5. The zero-order valence-corrected chi connectivity index (χ0v) is 14.0. The zero-order valence-electron chi connectivity index (χ0n) is 14.0. The first-order valence-corrected chi connectivity index (χ1v) is 7.68. The van der Waals surface area contributed by atoms with Crippen LogP contribution in [0.3, 0.4) is 0 Å². The second kappa shape index (κ2) is 7.93. The summed E-state index contributed by atoms with van der Waals surface area (Å²) in [6, 6.07) is 3.79. The van der Waals surface area contributed by atoms with Crippen LogP contribution < -0.4 is 10.6 Å². The molecule has 3 amide bonds. The number of alkyl halides is 3. The van der Waals surface area contributed by atoms with Crippen LogP contribution in [0.5, 0.6) is 0 Å².